The third-order valence-corrected chi connectivity index (χ3v) is 4.94. The summed E-state index contributed by atoms with van der Waals surface area (Å²) >= 11 is 5.58. The summed E-state index contributed by atoms with van der Waals surface area (Å²) in [6.45, 7) is 2.13. The van der Waals surface area contributed by atoms with Crippen molar-refractivity contribution in [2.24, 2.45) is 5.73 Å². The number of unbranched alkanes of at least 4 members (excludes halogenated alkanes) is 2. The van der Waals surface area contributed by atoms with Crippen molar-refractivity contribution in [1.82, 2.24) is 5.32 Å². The first-order valence-electron chi connectivity index (χ1n) is 8.40. The molecule has 2 atom stereocenters. The summed E-state index contributed by atoms with van der Waals surface area (Å²) < 4.78 is 0. The number of carboxylic acids is 1. The van der Waals surface area contributed by atoms with Crippen LogP contribution in [0.1, 0.15) is 58.3 Å². The Kier molecular flexibility index (Phi) is 14.2. The molecule has 0 saturated heterocycles. The number of nitrogens with two attached hydrogens (primary N) is 1. The second kappa shape index (κ2) is 14.6. The van der Waals surface area contributed by atoms with Crippen molar-refractivity contribution in [3.63, 3.8) is 0 Å². The third-order valence-electron chi connectivity index (χ3n) is 3.54. The molecule has 0 spiro atoms. The number of thioether (sulfide) groups is 1. The van der Waals surface area contributed by atoms with Crippen molar-refractivity contribution in [2.45, 2.75) is 69.6 Å². The first-order chi connectivity index (χ1) is 11.4. The smallest absolute Gasteiger partial charge is 0.320 e. The van der Waals surface area contributed by atoms with E-state index in [0.29, 0.717) is 31.1 Å². The molecule has 0 aliphatic carbocycles. The monoisotopic (exact) mass is 378 g/mol. The summed E-state index contributed by atoms with van der Waals surface area (Å²) in [5, 5.41) is 11.9. The molecule has 24 heavy (non-hydrogen) atoms. The standard InChI is InChI=1S/C16H30N2O4S2/c1-12(19)24-13(9-11-23)6-2-3-8-15(20)18-10-5-4-7-14(17)16(21)22/h13-14,23H,2-11,17H2,1H3,(H,18,20)(H,21,22)/t13?,14-/m0/s1. The molecule has 4 N–H and O–H groups in total. The minimum atomic E-state index is -0.988. The molecule has 6 nitrogen and oxygen atoms in total. The fourth-order valence-corrected chi connectivity index (χ4v) is 3.70. The van der Waals surface area contributed by atoms with Crippen molar-refractivity contribution < 1.29 is 19.5 Å². The van der Waals surface area contributed by atoms with Crippen LogP contribution >= 0.6 is 24.4 Å². The van der Waals surface area contributed by atoms with Crippen LogP contribution < -0.4 is 11.1 Å². The Bertz CT molecular complexity index is 394. The molecule has 0 aliphatic rings. The van der Waals surface area contributed by atoms with E-state index >= 15 is 0 Å². The average Bonchev–Trinajstić information content (AvgIpc) is 2.50. The summed E-state index contributed by atoms with van der Waals surface area (Å²) in [6.07, 6.45) is 5.85. The molecule has 0 heterocycles. The zero-order chi connectivity index (χ0) is 18.4. The van der Waals surface area contributed by atoms with E-state index in [-0.39, 0.29) is 11.0 Å². The number of amides is 1. The van der Waals surface area contributed by atoms with Crippen LogP contribution in [-0.2, 0) is 14.4 Å². The van der Waals surface area contributed by atoms with Gasteiger partial charge in [-0.05, 0) is 44.3 Å². The lowest BCUT2D eigenvalue weighted by Crippen LogP contribution is -2.30. The highest BCUT2D eigenvalue weighted by Gasteiger charge is 2.12. The predicted octanol–water partition coefficient (Wildman–Crippen LogP) is 2.21. The normalized spacial score (nSPS) is 13.3. The molecule has 1 unspecified atom stereocenters. The molecule has 0 aromatic rings. The van der Waals surface area contributed by atoms with E-state index in [9.17, 15) is 14.4 Å². The van der Waals surface area contributed by atoms with Crippen LogP contribution in [0.3, 0.4) is 0 Å². The van der Waals surface area contributed by atoms with Crippen molar-refractivity contribution in [1.29, 1.82) is 0 Å². The van der Waals surface area contributed by atoms with Crippen LogP contribution in [0.2, 0.25) is 0 Å². The highest BCUT2D eigenvalue weighted by atomic mass is 32.2. The third kappa shape index (κ3) is 13.7. The Morgan fingerprint density at radius 2 is 1.79 bits per heavy atom. The van der Waals surface area contributed by atoms with E-state index in [1.54, 1.807) is 6.92 Å². The first-order valence-corrected chi connectivity index (χ1v) is 9.91. The number of carbonyl (C=O) groups excluding carboxylic acids is 2. The van der Waals surface area contributed by atoms with Gasteiger partial charge in [0.2, 0.25) is 5.91 Å². The van der Waals surface area contributed by atoms with Gasteiger partial charge in [0.15, 0.2) is 5.12 Å². The zero-order valence-electron chi connectivity index (χ0n) is 14.3. The summed E-state index contributed by atoms with van der Waals surface area (Å²) in [4.78, 5) is 33.4. The summed E-state index contributed by atoms with van der Waals surface area (Å²) in [6, 6.07) is -0.821. The molecular formula is C16H30N2O4S2. The molecule has 0 aromatic carbocycles. The number of nitrogens with one attached hydrogen (secondary N) is 1. The second-order valence-electron chi connectivity index (χ2n) is 5.78. The fraction of sp³-hybridized carbons (Fsp3) is 0.812. The Morgan fingerprint density at radius 3 is 2.38 bits per heavy atom. The summed E-state index contributed by atoms with van der Waals surface area (Å²) in [7, 11) is 0. The fourth-order valence-electron chi connectivity index (χ4n) is 2.23. The van der Waals surface area contributed by atoms with Crippen LogP contribution in [-0.4, -0.2) is 45.7 Å². The van der Waals surface area contributed by atoms with Crippen molar-refractivity contribution in [2.75, 3.05) is 12.3 Å². The minimum absolute atomic E-state index is 0.0162. The molecule has 140 valence electrons. The van der Waals surface area contributed by atoms with Crippen LogP contribution in [0.15, 0.2) is 0 Å². The Balaban J connectivity index is 3.64. The summed E-state index contributed by atoms with van der Waals surface area (Å²) in [5.74, 6) is -0.211. The lowest BCUT2D eigenvalue weighted by molar-refractivity contribution is -0.138. The highest BCUT2D eigenvalue weighted by Crippen LogP contribution is 2.22. The Labute approximate surface area is 154 Å². The van der Waals surface area contributed by atoms with Crippen molar-refractivity contribution >= 4 is 41.4 Å². The van der Waals surface area contributed by atoms with Gasteiger partial charge < -0.3 is 16.2 Å². The molecule has 0 bridgehead atoms. The van der Waals surface area contributed by atoms with Gasteiger partial charge in [0, 0.05) is 25.1 Å². The Hall–Kier alpha value is -0.730. The maximum Gasteiger partial charge on any atom is 0.320 e. The molecule has 0 fully saturated rings. The van der Waals surface area contributed by atoms with Gasteiger partial charge in [0.1, 0.15) is 6.04 Å². The van der Waals surface area contributed by atoms with E-state index in [4.69, 9.17) is 10.8 Å². The number of carboxylic acid groups (broad SMARTS) is 1. The lowest BCUT2D eigenvalue weighted by atomic mass is 10.1. The lowest BCUT2D eigenvalue weighted by Gasteiger charge is -2.13. The zero-order valence-corrected chi connectivity index (χ0v) is 16.0. The molecule has 0 rings (SSSR count). The molecule has 0 radical (unpaired) electrons. The number of aliphatic carboxylic acids is 1. The van der Waals surface area contributed by atoms with Gasteiger partial charge >= 0.3 is 5.97 Å². The van der Waals surface area contributed by atoms with Gasteiger partial charge in [-0.1, -0.05) is 18.2 Å². The minimum Gasteiger partial charge on any atom is -0.480 e. The molecular weight excluding hydrogens is 348 g/mol. The first kappa shape index (κ1) is 23.3. The van der Waals surface area contributed by atoms with Crippen LogP contribution in [0.25, 0.3) is 0 Å². The molecule has 0 aliphatic heterocycles. The van der Waals surface area contributed by atoms with Crippen molar-refractivity contribution in [3.8, 4) is 0 Å². The van der Waals surface area contributed by atoms with Crippen LogP contribution in [0.5, 0.6) is 0 Å². The second-order valence-corrected chi connectivity index (χ2v) is 7.70. The maximum absolute atomic E-state index is 11.7. The van der Waals surface area contributed by atoms with E-state index < -0.39 is 12.0 Å². The van der Waals surface area contributed by atoms with Crippen LogP contribution in [0.4, 0.5) is 0 Å². The number of carbonyl (C=O) groups is 3. The topological polar surface area (TPSA) is 109 Å². The van der Waals surface area contributed by atoms with Gasteiger partial charge in [0.05, 0.1) is 0 Å². The van der Waals surface area contributed by atoms with Gasteiger partial charge in [-0.3, -0.25) is 14.4 Å². The highest BCUT2D eigenvalue weighted by molar-refractivity contribution is 8.14. The SMILES string of the molecule is CC(=O)SC(CCS)CCCCC(=O)NCCCC[C@H](N)C(=O)O. The Morgan fingerprint density at radius 1 is 1.12 bits per heavy atom. The largest absolute Gasteiger partial charge is 0.480 e. The molecule has 0 saturated carbocycles. The van der Waals surface area contributed by atoms with Gasteiger partial charge in [-0.25, -0.2) is 0 Å². The van der Waals surface area contributed by atoms with E-state index in [0.717, 1.165) is 37.9 Å². The predicted molar refractivity (Wildman–Crippen MR) is 101 cm³/mol. The van der Waals surface area contributed by atoms with Crippen molar-refractivity contribution in [3.05, 3.63) is 0 Å². The van der Waals surface area contributed by atoms with E-state index in [1.807, 2.05) is 0 Å². The van der Waals surface area contributed by atoms with Gasteiger partial charge in [-0.15, -0.1) is 0 Å². The number of hydrogen-bond acceptors (Lipinski definition) is 6. The van der Waals surface area contributed by atoms with Gasteiger partial charge in [-0.2, -0.15) is 12.6 Å². The molecule has 8 heteroatoms. The maximum atomic E-state index is 11.7. The summed E-state index contributed by atoms with van der Waals surface area (Å²) in [5.41, 5.74) is 5.40. The van der Waals surface area contributed by atoms with E-state index in [1.165, 1.54) is 11.8 Å². The number of hydrogen-bond donors (Lipinski definition) is 4. The van der Waals surface area contributed by atoms with E-state index in [2.05, 4.69) is 17.9 Å². The molecule has 0 aromatic heterocycles. The quantitative estimate of drug-likeness (QED) is 0.272. The number of rotatable bonds is 14. The van der Waals surface area contributed by atoms with Crippen LogP contribution in [0, 0.1) is 0 Å². The average molecular weight is 379 g/mol. The van der Waals surface area contributed by atoms with Gasteiger partial charge in [0.25, 0.3) is 0 Å². The molecule has 1 amide bonds. The number of thiol groups is 1.